The van der Waals surface area contributed by atoms with Gasteiger partial charge in [-0.05, 0) is 11.8 Å². The molecule has 0 N–H and O–H groups in total. The molecule has 0 aliphatic carbocycles. The average molecular weight is 306 g/mol. The van der Waals surface area contributed by atoms with Gasteiger partial charge in [0, 0.05) is 12.8 Å². The second kappa shape index (κ2) is 8.78. The third kappa shape index (κ3) is 14.0. The Morgan fingerprint density at radius 2 is 0.900 bits per heavy atom. The van der Waals surface area contributed by atoms with Gasteiger partial charge in [0.05, 0.1) is 0 Å². The number of hydrogen-bond acceptors (Lipinski definition) is 0. The first-order chi connectivity index (χ1) is 8.99. The summed E-state index contributed by atoms with van der Waals surface area (Å²) in [6, 6.07) is 0. The van der Waals surface area contributed by atoms with Crippen molar-refractivity contribution in [3.8, 4) is 0 Å². The lowest BCUT2D eigenvalue weighted by molar-refractivity contribution is -0.144. The molecule has 0 saturated heterocycles. The first-order valence-electron chi connectivity index (χ1n) is 7.13. The van der Waals surface area contributed by atoms with Crippen molar-refractivity contribution < 1.29 is 26.3 Å². The molecule has 6 heteroatoms. The second-order valence-electron chi connectivity index (χ2n) is 5.84. The summed E-state index contributed by atoms with van der Waals surface area (Å²) in [5, 5.41) is 0. The van der Waals surface area contributed by atoms with Crippen LogP contribution in [-0.2, 0) is 0 Å². The van der Waals surface area contributed by atoms with E-state index in [0.29, 0.717) is 25.7 Å². The van der Waals surface area contributed by atoms with E-state index in [1.165, 1.54) is 0 Å². The third-order valence-electron chi connectivity index (χ3n) is 3.30. The lowest BCUT2D eigenvalue weighted by Gasteiger charge is -2.14. The lowest BCUT2D eigenvalue weighted by atomic mass is 9.96. The predicted molar refractivity (Wildman–Crippen MR) is 67.4 cm³/mol. The van der Waals surface area contributed by atoms with Crippen molar-refractivity contribution >= 4 is 0 Å². The monoisotopic (exact) mass is 306 g/mol. The van der Waals surface area contributed by atoms with E-state index in [-0.39, 0.29) is 11.8 Å². The Hall–Kier alpha value is -0.420. The summed E-state index contributed by atoms with van der Waals surface area (Å²) in [6.45, 7) is 3.16. The maximum absolute atomic E-state index is 12.1. The Bertz CT molecular complexity index is 217. The molecule has 0 aromatic rings. The van der Waals surface area contributed by atoms with Gasteiger partial charge < -0.3 is 0 Å². The molecule has 2 atom stereocenters. The Kier molecular flexibility index (Phi) is 8.59. The van der Waals surface area contributed by atoms with Crippen molar-refractivity contribution in [1.82, 2.24) is 0 Å². The Balaban J connectivity index is 3.49. The fourth-order valence-corrected chi connectivity index (χ4v) is 2.33. The molecule has 0 fully saturated rings. The SMILES string of the molecule is CC(CCCCCCC(C)CC(F)(F)F)CC(F)(F)F. The van der Waals surface area contributed by atoms with Crippen LogP contribution in [-0.4, -0.2) is 12.4 Å². The molecule has 2 unspecified atom stereocenters. The Labute approximate surface area is 116 Å². The quantitative estimate of drug-likeness (QED) is 0.337. The van der Waals surface area contributed by atoms with E-state index in [2.05, 4.69) is 0 Å². The van der Waals surface area contributed by atoms with Gasteiger partial charge in [-0.25, -0.2) is 0 Å². The van der Waals surface area contributed by atoms with Crippen LogP contribution in [0.3, 0.4) is 0 Å². The van der Waals surface area contributed by atoms with Gasteiger partial charge >= 0.3 is 12.4 Å². The van der Waals surface area contributed by atoms with Gasteiger partial charge in [-0.1, -0.05) is 52.4 Å². The van der Waals surface area contributed by atoms with Crippen molar-refractivity contribution in [2.24, 2.45) is 11.8 Å². The van der Waals surface area contributed by atoms with Gasteiger partial charge in [-0.15, -0.1) is 0 Å². The van der Waals surface area contributed by atoms with Crippen LogP contribution in [0.5, 0.6) is 0 Å². The maximum Gasteiger partial charge on any atom is 0.389 e. The van der Waals surface area contributed by atoms with Crippen LogP contribution in [0, 0.1) is 11.8 Å². The molecule has 0 nitrogen and oxygen atoms in total. The highest BCUT2D eigenvalue weighted by molar-refractivity contribution is 4.62. The van der Waals surface area contributed by atoms with Crippen LogP contribution in [0.25, 0.3) is 0 Å². The zero-order valence-electron chi connectivity index (χ0n) is 12.1. The molecule has 0 heterocycles. The zero-order chi connectivity index (χ0) is 15.8. The Morgan fingerprint density at radius 1 is 0.600 bits per heavy atom. The highest BCUT2D eigenvalue weighted by Crippen LogP contribution is 2.29. The van der Waals surface area contributed by atoms with Crippen LogP contribution in [0.4, 0.5) is 26.3 Å². The van der Waals surface area contributed by atoms with Gasteiger partial charge in [-0.3, -0.25) is 0 Å². The number of halogens is 6. The summed E-state index contributed by atoms with van der Waals surface area (Å²) >= 11 is 0. The largest absolute Gasteiger partial charge is 0.389 e. The van der Waals surface area contributed by atoms with Crippen molar-refractivity contribution in [2.45, 2.75) is 77.6 Å². The molecule has 0 spiro atoms. The molecule has 0 aliphatic heterocycles. The van der Waals surface area contributed by atoms with Gasteiger partial charge in [0.2, 0.25) is 0 Å². The first kappa shape index (κ1) is 19.6. The molecule has 0 amide bonds. The molecule has 20 heavy (non-hydrogen) atoms. The smallest absolute Gasteiger partial charge is 0.171 e. The van der Waals surface area contributed by atoms with E-state index in [4.69, 9.17) is 0 Å². The molecule has 0 aromatic heterocycles. The Morgan fingerprint density at radius 3 is 1.15 bits per heavy atom. The van der Waals surface area contributed by atoms with E-state index >= 15 is 0 Å². The minimum Gasteiger partial charge on any atom is -0.171 e. The number of rotatable bonds is 9. The normalized spacial score (nSPS) is 16.2. The summed E-state index contributed by atoms with van der Waals surface area (Å²) in [6.07, 6.45) is -5.66. The van der Waals surface area contributed by atoms with E-state index in [9.17, 15) is 26.3 Å². The fraction of sp³-hybridized carbons (Fsp3) is 1.00. The van der Waals surface area contributed by atoms with E-state index < -0.39 is 25.2 Å². The van der Waals surface area contributed by atoms with Crippen LogP contribution >= 0.6 is 0 Å². The van der Waals surface area contributed by atoms with Gasteiger partial charge in [0.15, 0.2) is 0 Å². The maximum atomic E-state index is 12.1. The fourth-order valence-electron chi connectivity index (χ4n) is 2.33. The predicted octanol–water partition coefficient (Wildman–Crippen LogP) is 6.50. The van der Waals surface area contributed by atoms with Crippen molar-refractivity contribution in [1.29, 1.82) is 0 Å². The highest BCUT2D eigenvalue weighted by Gasteiger charge is 2.30. The number of hydrogen-bond donors (Lipinski definition) is 0. The lowest BCUT2D eigenvalue weighted by Crippen LogP contribution is -2.13. The third-order valence-corrected chi connectivity index (χ3v) is 3.30. The summed E-state index contributed by atoms with van der Waals surface area (Å²) in [5.41, 5.74) is 0. The van der Waals surface area contributed by atoms with Crippen molar-refractivity contribution in [3.63, 3.8) is 0 Å². The van der Waals surface area contributed by atoms with Crippen LogP contribution in [0.1, 0.15) is 65.2 Å². The summed E-state index contributed by atoms with van der Waals surface area (Å²) in [5.74, 6) is -0.752. The zero-order valence-corrected chi connectivity index (χ0v) is 12.1. The molecule has 0 radical (unpaired) electrons. The average Bonchev–Trinajstić information content (AvgIpc) is 2.17. The van der Waals surface area contributed by atoms with E-state index in [0.717, 1.165) is 12.8 Å². The number of unbranched alkanes of at least 4 members (excludes halogenated alkanes) is 3. The molecule has 122 valence electrons. The van der Waals surface area contributed by atoms with E-state index in [1.807, 2.05) is 0 Å². The molecule has 0 bridgehead atoms. The molecule has 0 aromatic carbocycles. The van der Waals surface area contributed by atoms with Gasteiger partial charge in [-0.2, -0.15) is 26.3 Å². The van der Waals surface area contributed by atoms with Crippen LogP contribution in [0.2, 0.25) is 0 Å². The van der Waals surface area contributed by atoms with Gasteiger partial charge in [0.25, 0.3) is 0 Å². The minimum atomic E-state index is -4.10. The summed E-state index contributed by atoms with van der Waals surface area (Å²) < 4.78 is 72.4. The van der Waals surface area contributed by atoms with Crippen molar-refractivity contribution in [2.75, 3.05) is 0 Å². The van der Waals surface area contributed by atoms with Gasteiger partial charge in [0.1, 0.15) is 0 Å². The second-order valence-corrected chi connectivity index (χ2v) is 5.84. The summed E-state index contributed by atoms with van der Waals surface area (Å²) in [4.78, 5) is 0. The van der Waals surface area contributed by atoms with Crippen molar-refractivity contribution in [3.05, 3.63) is 0 Å². The minimum absolute atomic E-state index is 0.376. The molecular weight excluding hydrogens is 282 g/mol. The molecular formula is C14H24F6. The summed E-state index contributed by atoms with van der Waals surface area (Å²) in [7, 11) is 0. The highest BCUT2D eigenvalue weighted by atomic mass is 19.4. The molecule has 0 rings (SSSR count). The standard InChI is InChI=1S/C14H24F6/c1-11(9-13(15,16)17)7-5-3-4-6-8-12(2)10-14(18,19)20/h11-12H,3-10H2,1-2H3. The molecule has 0 saturated carbocycles. The van der Waals surface area contributed by atoms with Crippen LogP contribution in [0.15, 0.2) is 0 Å². The molecule has 0 aliphatic rings. The van der Waals surface area contributed by atoms with E-state index in [1.54, 1.807) is 13.8 Å². The van der Waals surface area contributed by atoms with Crippen LogP contribution < -0.4 is 0 Å². The topological polar surface area (TPSA) is 0 Å². The first-order valence-corrected chi connectivity index (χ1v) is 7.13. The number of alkyl halides is 6.